The normalized spacial score (nSPS) is 18.8. The van der Waals surface area contributed by atoms with Gasteiger partial charge >= 0.3 is 0 Å². The molecule has 29 heavy (non-hydrogen) atoms. The first-order valence-corrected chi connectivity index (χ1v) is 12.1. The van der Waals surface area contributed by atoms with Gasteiger partial charge in [0.25, 0.3) is 0 Å². The summed E-state index contributed by atoms with van der Waals surface area (Å²) in [6, 6.07) is 6.02. The number of fused-ring (bicyclic) bond motifs is 1. The zero-order chi connectivity index (χ0) is 20.8. The maximum absolute atomic E-state index is 12.9. The third-order valence-corrected chi connectivity index (χ3v) is 7.98. The number of carbonyl (C=O) groups is 1. The molecule has 2 atom stereocenters. The monoisotopic (exact) mass is 411 g/mol. The van der Waals surface area contributed by atoms with Gasteiger partial charge in [-0.1, -0.05) is 25.6 Å². The summed E-state index contributed by atoms with van der Waals surface area (Å²) in [5, 5.41) is 0.0636. The van der Waals surface area contributed by atoms with Crippen molar-refractivity contribution >= 4 is 21.1 Å². The Morgan fingerprint density at radius 1 is 1.34 bits per heavy atom. The van der Waals surface area contributed by atoms with Gasteiger partial charge in [-0.05, 0) is 78.7 Å². The molecule has 0 amide bonds. The van der Waals surface area contributed by atoms with Gasteiger partial charge in [0, 0.05) is 18.1 Å². The van der Waals surface area contributed by atoms with E-state index in [1.54, 1.807) is 6.07 Å². The molecular weight excluding hydrogens is 382 g/mol. The highest BCUT2D eigenvalue weighted by Crippen LogP contribution is 2.44. The Morgan fingerprint density at radius 3 is 2.76 bits per heavy atom. The quantitative estimate of drug-likeness (QED) is 0.620. The average molecular weight is 412 g/mol. The second kappa shape index (κ2) is 7.60. The van der Waals surface area contributed by atoms with Crippen LogP contribution in [0.2, 0.25) is 0 Å². The number of allylic oxidation sites excluding steroid dienone is 1. The molecule has 1 unspecified atom stereocenters. The fraction of sp³-hybridized carbons (Fsp3) is 0.458. The number of ketones is 1. The molecule has 1 heterocycles. The largest absolute Gasteiger partial charge is 0.454 e. The third-order valence-electron chi connectivity index (χ3n) is 6.39. The van der Waals surface area contributed by atoms with Gasteiger partial charge in [-0.3, -0.25) is 4.79 Å². The first-order chi connectivity index (χ1) is 13.8. The highest BCUT2D eigenvalue weighted by Gasteiger charge is 2.32. The van der Waals surface area contributed by atoms with Gasteiger partial charge in [0.15, 0.2) is 10.9 Å². The Labute approximate surface area is 173 Å². The predicted molar refractivity (Wildman–Crippen MR) is 116 cm³/mol. The van der Waals surface area contributed by atoms with Crippen LogP contribution < -0.4 is 0 Å². The van der Waals surface area contributed by atoms with E-state index >= 15 is 0 Å². The topological polar surface area (TPSA) is 71.1 Å². The first-order valence-electron chi connectivity index (χ1n) is 10.4. The molecule has 2 aliphatic carbocycles. The van der Waals surface area contributed by atoms with Crippen molar-refractivity contribution < 1.29 is 13.4 Å². The van der Waals surface area contributed by atoms with Crippen molar-refractivity contribution in [2.24, 2.45) is 5.92 Å². The summed E-state index contributed by atoms with van der Waals surface area (Å²) in [5.74, 6) is 0.708. The molecule has 154 valence electrons. The number of furan rings is 1. The van der Waals surface area contributed by atoms with Crippen LogP contribution >= 0.6 is 0 Å². The molecule has 1 saturated carbocycles. The van der Waals surface area contributed by atoms with Crippen molar-refractivity contribution in [1.29, 1.82) is 4.78 Å². The Kier molecular flexibility index (Phi) is 5.28. The van der Waals surface area contributed by atoms with Crippen LogP contribution in [0.1, 0.15) is 66.8 Å². The zero-order valence-electron chi connectivity index (χ0n) is 17.3. The second-order valence-electron chi connectivity index (χ2n) is 8.72. The number of hydrogen-bond donors (Lipinski definition) is 1. The minimum Gasteiger partial charge on any atom is -0.454 e. The van der Waals surface area contributed by atoms with E-state index in [9.17, 15) is 9.00 Å². The van der Waals surface area contributed by atoms with E-state index in [0.717, 1.165) is 30.4 Å². The van der Waals surface area contributed by atoms with Crippen LogP contribution in [-0.4, -0.2) is 15.7 Å². The Hall–Kier alpha value is -2.14. The molecule has 1 fully saturated rings. The first kappa shape index (κ1) is 20.1. The number of Topliss-reactive ketones (excluding diaryl/α,β-unsaturated/α-hetero) is 1. The molecule has 0 saturated heterocycles. The summed E-state index contributed by atoms with van der Waals surface area (Å²) in [6.45, 7) is 7.92. The van der Waals surface area contributed by atoms with E-state index in [2.05, 4.69) is 25.6 Å². The SMILES string of the molecule is C=C(C)c1coc(S(=N)(=O)CC(=O)Cc2c([C@@H](C)C3CC3)ccc3c2CCC3)c1. The van der Waals surface area contributed by atoms with Crippen molar-refractivity contribution in [3.63, 3.8) is 0 Å². The Morgan fingerprint density at radius 2 is 2.10 bits per heavy atom. The molecule has 0 aliphatic heterocycles. The predicted octanol–water partition coefficient (Wildman–Crippen LogP) is 5.53. The summed E-state index contributed by atoms with van der Waals surface area (Å²) in [4.78, 5) is 12.9. The maximum atomic E-state index is 12.9. The lowest BCUT2D eigenvalue weighted by Gasteiger charge is -2.19. The minimum atomic E-state index is -3.30. The van der Waals surface area contributed by atoms with Crippen LogP contribution in [0.3, 0.4) is 0 Å². The standard InChI is InChI=1S/C24H29NO3S/c1-15(2)19-11-24(28-13-19)29(25,27)14-20(26)12-23-21(16(3)17-7-8-17)10-9-18-5-4-6-22(18)23/h9-11,13,16-17,25H,1,4-8,12,14H2,2-3H3/t16-,29?/m0/s1. The number of rotatable bonds is 8. The van der Waals surface area contributed by atoms with Gasteiger partial charge in [-0.2, -0.15) is 0 Å². The molecular formula is C24H29NO3S. The summed E-state index contributed by atoms with van der Waals surface area (Å²) < 4.78 is 26.5. The van der Waals surface area contributed by atoms with Crippen LogP contribution in [0.25, 0.3) is 5.57 Å². The molecule has 0 radical (unpaired) electrons. The molecule has 0 bridgehead atoms. The van der Waals surface area contributed by atoms with E-state index < -0.39 is 9.73 Å². The molecule has 4 nitrogen and oxygen atoms in total. The smallest absolute Gasteiger partial charge is 0.199 e. The highest BCUT2D eigenvalue weighted by atomic mass is 32.2. The summed E-state index contributed by atoms with van der Waals surface area (Å²) in [6.07, 6.45) is 7.45. The summed E-state index contributed by atoms with van der Waals surface area (Å²) >= 11 is 0. The van der Waals surface area contributed by atoms with Gasteiger partial charge < -0.3 is 4.42 Å². The van der Waals surface area contributed by atoms with Gasteiger partial charge in [-0.25, -0.2) is 8.99 Å². The fourth-order valence-corrected chi connectivity index (χ4v) is 5.72. The van der Waals surface area contributed by atoms with Gasteiger partial charge in [0.05, 0.1) is 12.0 Å². The van der Waals surface area contributed by atoms with Crippen LogP contribution in [-0.2, 0) is 33.8 Å². The molecule has 2 aromatic rings. The van der Waals surface area contributed by atoms with Crippen molar-refractivity contribution in [3.8, 4) is 0 Å². The van der Waals surface area contributed by atoms with E-state index in [0.29, 0.717) is 17.4 Å². The van der Waals surface area contributed by atoms with Crippen molar-refractivity contribution in [3.05, 3.63) is 58.9 Å². The van der Waals surface area contributed by atoms with E-state index in [4.69, 9.17) is 9.20 Å². The van der Waals surface area contributed by atoms with Crippen molar-refractivity contribution in [2.45, 2.75) is 63.4 Å². The van der Waals surface area contributed by atoms with Crippen LogP contribution in [0.4, 0.5) is 0 Å². The lowest BCUT2D eigenvalue weighted by atomic mass is 9.86. The van der Waals surface area contributed by atoms with Crippen molar-refractivity contribution in [2.75, 3.05) is 5.75 Å². The highest BCUT2D eigenvalue weighted by molar-refractivity contribution is 7.93. The molecule has 1 aromatic carbocycles. The molecule has 4 rings (SSSR count). The van der Waals surface area contributed by atoms with E-state index in [1.165, 1.54) is 35.8 Å². The fourth-order valence-electron chi connectivity index (χ4n) is 4.51. The minimum absolute atomic E-state index is 0.0636. The molecule has 1 N–H and O–H groups in total. The summed E-state index contributed by atoms with van der Waals surface area (Å²) in [7, 11) is -3.30. The molecule has 0 spiro atoms. The van der Waals surface area contributed by atoms with Crippen molar-refractivity contribution in [1.82, 2.24) is 0 Å². The third kappa shape index (κ3) is 4.11. The molecule has 2 aliphatic rings. The average Bonchev–Trinajstić information content (AvgIpc) is 3.17. The second-order valence-corrected chi connectivity index (χ2v) is 10.8. The lowest BCUT2D eigenvalue weighted by Crippen LogP contribution is -2.19. The lowest BCUT2D eigenvalue weighted by molar-refractivity contribution is -0.116. The maximum Gasteiger partial charge on any atom is 0.199 e. The van der Waals surface area contributed by atoms with Gasteiger partial charge in [0.1, 0.15) is 9.73 Å². The zero-order valence-corrected chi connectivity index (χ0v) is 18.1. The number of hydrogen-bond acceptors (Lipinski definition) is 4. The number of nitrogens with one attached hydrogen (secondary N) is 1. The van der Waals surface area contributed by atoms with Gasteiger partial charge in [0.2, 0.25) is 0 Å². The molecule has 1 aromatic heterocycles. The Bertz CT molecular complexity index is 1070. The number of benzene rings is 1. The molecule has 5 heteroatoms. The van der Waals surface area contributed by atoms with Gasteiger partial charge in [-0.15, -0.1) is 0 Å². The van der Waals surface area contributed by atoms with Crippen LogP contribution in [0.5, 0.6) is 0 Å². The van der Waals surface area contributed by atoms with E-state index in [-0.39, 0.29) is 23.0 Å². The summed E-state index contributed by atoms with van der Waals surface area (Å²) in [5.41, 5.74) is 6.59. The van der Waals surface area contributed by atoms with Crippen LogP contribution in [0, 0.1) is 10.7 Å². The number of carbonyl (C=O) groups excluding carboxylic acids is 1. The number of aryl methyl sites for hydroxylation is 1. The van der Waals surface area contributed by atoms with E-state index in [1.807, 2.05) is 6.92 Å². The Balaban J connectivity index is 1.58. The van der Waals surface area contributed by atoms with Crippen LogP contribution in [0.15, 0.2) is 40.6 Å².